The molecular weight excluding hydrogens is 515 g/mol. The van der Waals surface area contributed by atoms with Gasteiger partial charge in [-0.1, -0.05) is 18.2 Å². The maximum atomic E-state index is 13.5. The summed E-state index contributed by atoms with van der Waals surface area (Å²) in [5.74, 6) is -0.385. The van der Waals surface area contributed by atoms with Crippen molar-refractivity contribution in [3.05, 3.63) is 65.5 Å². The first-order valence-electron chi connectivity index (χ1n) is 12.5. The van der Waals surface area contributed by atoms with E-state index < -0.39 is 35.9 Å². The van der Waals surface area contributed by atoms with Crippen molar-refractivity contribution in [2.24, 2.45) is 0 Å². The highest BCUT2D eigenvalue weighted by Gasteiger charge is 2.34. The number of nitrogens with one attached hydrogen (secondary N) is 2. The molecule has 9 nitrogen and oxygen atoms in total. The predicted octanol–water partition coefficient (Wildman–Crippen LogP) is 3.50. The second-order valence-corrected chi connectivity index (χ2v) is 9.62. The van der Waals surface area contributed by atoms with Gasteiger partial charge in [-0.05, 0) is 55.0 Å². The smallest absolute Gasteiger partial charge is 0.416 e. The molecule has 1 unspecified atom stereocenters. The fourth-order valence-corrected chi connectivity index (χ4v) is 5.12. The quantitative estimate of drug-likeness (QED) is 0.452. The van der Waals surface area contributed by atoms with Gasteiger partial charge in [0.2, 0.25) is 5.91 Å². The average Bonchev–Trinajstić information content (AvgIpc) is 3.40. The van der Waals surface area contributed by atoms with Gasteiger partial charge in [0.1, 0.15) is 24.3 Å². The molecule has 204 valence electrons. The maximum Gasteiger partial charge on any atom is 0.416 e. The molecule has 2 atom stereocenters. The number of alkyl halides is 3. The van der Waals surface area contributed by atoms with Crippen molar-refractivity contribution in [1.29, 1.82) is 0 Å². The number of halogens is 3. The van der Waals surface area contributed by atoms with Crippen LogP contribution >= 0.6 is 0 Å². The number of aryl methyl sites for hydroxylation is 1. The Morgan fingerprint density at radius 1 is 1.08 bits per heavy atom. The summed E-state index contributed by atoms with van der Waals surface area (Å²) in [7, 11) is 0. The number of carboxylic acid groups (broad SMARTS) is 1. The lowest BCUT2D eigenvalue weighted by Gasteiger charge is -2.26. The predicted molar refractivity (Wildman–Crippen MR) is 134 cm³/mol. The minimum atomic E-state index is -4.67. The molecular formula is C27H25F3N5O4-. The van der Waals surface area contributed by atoms with Crippen molar-refractivity contribution in [3.63, 3.8) is 0 Å². The molecule has 12 heteroatoms. The Morgan fingerprint density at radius 3 is 2.67 bits per heavy atom. The normalized spacial score (nSPS) is 18.9. The number of aliphatic hydroxyl groups is 1. The molecule has 0 spiro atoms. The van der Waals surface area contributed by atoms with E-state index in [1.54, 1.807) is 6.07 Å². The summed E-state index contributed by atoms with van der Waals surface area (Å²) < 4.78 is 40.6. The van der Waals surface area contributed by atoms with E-state index in [0.29, 0.717) is 25.1 Å². The third kappa shape index (κ3) is 5.65. The van der Waals surface area contributed by atoms with Crippen molar-refractivity contribution in [2.75, 3.05) is 17.2 Å². The molecule has 3 N–H and O–H groups in total. The summed E-state index contributed by atoms with van der Waals surface area (Å²) >= 11 is 0. The minimum absolute atomic E-state index is 0.108. The van der Waals surface area contributed by atoms with Crippen LogP contribution in [0.15, 0.2) is 48.8 Å². The fourth-order valence-electron chi connectivity index (χ4n) is 5.12. The van der Waals surface area contributed by atoms with Crippen LogP contribution in [0.3, 0.4) is 0 Å². The number of hydrogen-bond donors (Lipinski definition) is 3. The van der Waals surface area contributed by atoms with Crippen LogP contribution in [0.1, 0.15) is 36.0 Å². The van der Waals surface area contributed by atoms with E-state index in [2.05, 4.69) is 20.6 Å². The van der Waals surface area contributed by atoms with Gasteiger partial charge in [-0.25, -0.2) is 9.97 Å². The standard InChI is InChI=1S/C27H26F3N5O4/c28-27(29,30)16-7-9-18(22(11-16)34-25(37)23-5-2-10-35(23)26(38)39)21-13-24(32-14-31-21)33-20-4-1-3-15-6-8-17(36)12-19(15)20/h1,3-4,7,9,11,13-14,17,23,36H,2,5-6,8,10,12H2,(H,34,37)(H,38,39)(H,31,32,33)/p-1/t17-,23?/m0/s1. The Balaban J connectivity index is 1.47. The lowest BCUT2D eigenvalue weighted by molar-refractivity contribution is -0.266. The van der Waals surface area contributed by atoms with Gasteiger partial charge in [0.15, 0.2) is 0 Å². The van der Waals surface area contributed by atoms with Crippen molar-refractivity contribution < 1.29 is 33.0 Å². The number of anilines is 3. The number of fused-ring (bicyclic) bond motifs is 1. The number of likely N-dealkylation sites (tertiary alicyclic amines) is 1. The fraction of sp³-hybridized carbons (Fsp3) is 0.333. The van der Waals surface area contributed by atoms with E-state index in [9.17, 15) is 33.0 Å². The third-order valence-electron chi connectivity index (χ3n) is 7.06. The van der Waals surface area contributed by atoms with Gasteiger partial charge in [-0.2, -0.15) is 13.2 Å². The first kappa shape index (κ1) is 26.4. The van der Waals surface area contributed by atoms with Crippen LogP contribution in [0, 0.1) is 0 Å². The molecule has 3 aromatic rings. The summed E-state index contributed by atoms with van der Waals surface area (Å²) in [5.41, 5.74) is 2.13. The number of nitrogens with zero attached hydrogens (tertiary/aromatic N) is 3. The van der Waals surface area contributed by atoms with E-state index in [4.69, 9.17) is 0 Å². The molecule has 2 aliphatic rings. The zero-order valence-corrected chi connectivity index (χ0v) is 20.7. The third-order valence-corrected chi connectivity index (χ3v) is 7.06. The van der Waals surface area contributed by atoms with Gasteiger partial charge in [0.25, 0.3) is 0 Å². The lowest BCUT2D eigenvalue weighted by Crippen LogP contribution is -2.48. The zero-order chi connectivity index (χ0) is 27.7. The first-order chi connectivity index (χ1) is 18.6. The molecule has 1 aliphatic carbocycles. The minimum Gasteiger partial charge on any atom is -0.530 e. The molecule has 1 aromatic heterocycles. The summed E-state index contributed by atoms with van der Waals surface area (Å²) in [5, 5.41) is 27.2. The molecule has 2 aromatic carbocycles. The molecule has 2 amide bonds. The Hall–Kier alpha value is -4.19. The van der Waals surface area contributed by atoms with E-state index in [1.165, 1.54) is 12.4 Å². The number of amides is 2. The monoisotopic (exact) mass is 540 g/mol. The highest BCUT2D eigenvalue weighted by Crippen LogP contribution is 2.37. The van der Waals surface area contributed by atoms with Crippen molar-refractivity contribution in [2.45, 2.75) is 50.4 Å². The van der Waals surface area contributed by atoms with Crippen molar-refractivity contribution in [3.8, 4) is 11.3 Å². The van der Waals surface area contributed by atoms with E-state index in [-0.39, 0.29) is 29.9 Å². The van der Waals surface area contributed by atoms with Crippen molar-refractivity contribution in [1.82, 2.24) is 14.9 Å². The highest BCUT2D eigenvalue weighted by molar-refractivity contribution is 5.99. The van der Waals surface area contributed by atoms with Crippen LogP contribution in [0.2, 0.25) is 0 Å². The van der Waals surface area contributed by atoms with Gasteiger partial charge in [0, 0.05) is 30.3 Å². The maximum absolute atomic E-state index is 13.5. The van der Waals surface area contributed by atoms with E-state index in [1.807, 2.05) is 18.2 Å². The number of benzene rings is 2. The molecule has 0 saturated carbocycles. The van der Waals surface area contributed by atoms with Crippen LogP contribution in [0.25, 0.3) is 11.3 Å². The molecule has 1 saturated heterocycles. The van der Waals surface area contributed by atoms with Gasteiger partial charge < -0.3 is 30.5 Å². The largest absolute Gasteiger partial charge is 0.530 e. The Bertz CT molecular complexity index is 1410. The molecule has 2 heterocycles. The van der Waals surface area contributed by atoms with Crippen molar-refractivity contribution >= 4 is 29.2 Å². The van der Waals surface area contributed by atoms with Crippen LogP contribution in [-0.4, -0.2) is 50.7 Å². The number of hydrogen-bond acceptors (Lipinski definition) is 7. The number of aliphatic hydroxyl groups excluding tert-OH is 1. The van der Waals surface area contributed by atoms with Crippen LogP contribution < -0.4 is 15.7 Å². The Kier molecular flexibility index (Phi) is 7.13. The lowest BCUT2D eigenvalue weighted by atomic mass is 9.88. The SMILES string of the molecule is O=C(Nc1cc(C(F)(F)F)ccc1-c1cc(Nc2cccc3c2C[C@@H](O)CC3)ncn1)C1CCCN1C(=O)[O-]. The first-order valence-corrected chi connectivity index (χ1v) is 12.5. The number of aromatic nitrogens is 2. The Labute approximate surface area is 221 Å². The summed E-state index contributed by atoms with van der Waals surface area (Å²) in [6, 6.07) is 9.11. The summed E-state index contributed by atoms with van der Waals surface area (Å²) in [6.07, 6.45) is -2.82. The highest BCUT2D eigenvalue weighted by atomic mass is 19.4. The summed E-state index contributed by atoms with van der Waals surface area (Å²) in [6.45, 7) is 0.108. The number of rotatable bonds is 5. The van der Waals surface area contributed by atoms with Crippen LogP contribution in [-0.2, 0) is 23.8 Å². The number of carbonyl (C=O) groups is 2. The molecule has 0 bridgehead atoms. The van der Waals surface area contributed by atoms with Gasteiger partial charge in [0.05, 0.1) is 23.0 Å². The molecule has 5 rings (SSSR count). The van der Waals surface area contributed by atoms with E-state index in [0.717, 1.165) is 40.3 Å². The molecule has 1 fully saturated rings. The molecule has 39 heavy (non-hydrogen) atoms. The van der Waals surface area contributed by atoms with Crippen LogP contribution in [0.5, 0.6) is 0 Å². The second-order valence-electron chi connectivity index (χ2n) is 9.62. The van der Waals surface area contributed by atoms with E-state index >= 15 is 0 Å². The Morgan fingerprint density at radius 2 is 1.90 bits per heavy atom. The average molecular weight is 541 g/mol. The molecule has 0 radical (unpaired) electrons. The van der Waals surface area contributed by atoms with Gasteiger partial charge >= 0.3 is 6.18 Å². The van der Waals surface area contributed by atoms with Gasteiger partial charge in [-0.3, -0.25) is 4.79 Å². The van der Waals surface area contributed by atoms with Crippen LogP contribution in [0.4, 0.5) is 35.2 Å². The van der Waals surface area contributed by atoms with Gasteiger partial charge in [-0.15, -0.1) is 0 Å². The summed E-state index contributed by atoms with van der Waals surface area (Å²) in [4.78, 5) is 33.7. The number of carbonyl (C=O) groups excluding carboxylic acids is 2. The topological polar surface area (TPSA) is 131 Å². The zero-order valence-electron chi connectivity index (χ0n) is 20.7. The molecule has 1 aliphatic heterocycles. The second kappa shape index (κ2) is 10.5.